The molecule has 0 amide bonds. The van der Waals surface area contributed by atoms with Crippen LogP contribution in [-0.2, 0) is 13.1 Å². The van der Waals surface area contributed by atoms with Crippen LogP contribution in [0.25, 0.3) is 4.96 Å². The van der Waals surface area contributed by atoms with Crippen molar-refractivity contribution >= 4 is 16.3 Å². The number of ether oxygens (including phenoxy) is 2. The fourth-order valence-corrected chi connectivity index (χ4v) is 3.62. The largest absolute Gasteiger partial charge is 0.493 e. The molecule has 0 bridgehead atoms. The minimum Gasteiger partial charge on any atom is -0.493 e. The van der Waals surface area contributed by atoms with Crippen molar-refractivity contribution in [3.8, 4) is 11.5 Å². The number of para-hydroxylation sites is 1. The van der Waals surface area contributed by atoms with Crippen LogP contribution in [-0.4, -0.2) is 23.6 Å². The first-order valence-corrected chi connectivity index (χ1v) is 8.30. The molecule has 6 heteroatoms. The molecule has 5 nitrogen and oxygen atoms in total. The van der Waals surface area contributed by atoms with Crippen LogP contribution < -0.4 is 14.8 Å². The van der Waals surface area contributed by atoms with Crippen molar-refractivity contribution in [2.75, 3.05) is 14.2 Å². The topological polar surface area (TPSA) is 47.8 Å². The molecule has 0 radical (unpaired) electrons. The number of thiazole rings is 1. The van der Waals surface area contributed by atoms with Crippen molar-refractivity contribution in [1.29, 1.82) is 0 Å². The second-order valence-corrected chi connectivity index (χ2v) is 6.61. The molecule has 3 aromatic rings. The Morgan fingerprint density at radius 1 is 1.17 bits per heavy atom. The Labute approximate surface area is 139 Å². The number of imidazole rings is 1. The quantitative estimate of drug-likeness (QED) is 0.753. The van der Waals surface area contributed by atoms with Gasteiger partial charge in [0.25, 0.3) is 0 Å². The molecular weight excluding hydrogens is 310 g/mol. The Morgan fingerprint density at radius 3 is 2.74 bits per heavy atom. The van der Waals surface area contributed by atoms with Crippen LogP contribution in [0.5, 0.6) is 11.5 Å². The number of aromatic nitrogens is 2. The van der Waals surface area contributed by atoms with Gasteiger partial charge in [-0.1, -0.05) is 12.1 Å². The number of methoxy groups -OCH3 is 2. The van der Waals surface area contributed by atoms with Crippen LogP contribution >= 0.6 is 11.3 Å². The fourth-order valence-electron chi connectivity index (χ4n) is 2.73. The number of benzene rings is 1. The monoisotopic (exact) mass is 331 g/mol. The predicted molar refractivity (Wildman–Crippen MR) is 92.6 cm³/mol. The first kappa shape index (κ1) is 15.8. The summed E-state index contributed by atoms with van der Waals surface area (Å²) in [6, 6.07) is 5.92. The van der Waals surface area contributed by atoms with E-state index in [9.17, 15) is 0 Å². The summed E-state index contributed by atoms with van der Waals surface area (Å²) in [5.74, 6) is 1.53. The van der Waals surface area contributed by atoms with Gasteiger partial charge in [0.1, 0.15) is 0 Å². The van der Waals surface area contributed by atoms with Gasteiger partial charge in [0.05, 0.1) is 25.6 Å². The zero-order valence-corrected chi connectivity index (χ0v) is 14.7. The first-order valence-electron chi connectivity index (χ1n) is 7.48. The summed E-state index contributed by atoms with van der Waals surface area (Å²) < 4.78 is 13.0. The lowest BCUT2D eigenvalue weighted by atomic mass is 10.2. The number of fused-ring (bicyclic) bond motifs is 1. The zero-order valence-electron chi connectivity index (χ0n) is 13.8. The third-order valence-electron chi connectivity index (χ3n) is 3.83. The molecule has 3 rings (SSSR count). The highest BCUT2D eigenvalue weighted by atomic mass is 32.1. The Morgan fingerprint density at radius 2 is 2.00 bits per heavy atom. The van der Waals surface area contributed by atoms with Crippen molar-refractivity contribution in [2.45, 2.75) is 26.9 Å². The average molecular weight is 331 g/mol. The van der Waals surface area contributed by atoms with Gasteiger partial charge in [-0.2, -0.15) is 0 Å². The highest BCUT2D eigenvalue weighted by Gasteiger charge is 2.12. The minimum absolute atomic E-state index is 0.705. The number of rotatable bonds is 6. The number of nitrogens with one attached hydrogen (secondary N) is 1. The molecular formula is C17H21N3O2S. The fraction of sp³-hybridized carbons (Fsp3) is 0.353. The molecule has 0 aliphatic rings. The maximum absolute atomic E-state index is 5.47. The smallest absolute Gasteiger partial charge is 0.194 e. The molecule has 0 aliphatic heterocycles. The Balaban J connectivity index is 1.75. The Hall–Kier alpha value is -2.05. The SMILES string of the molecule is COc1cccc(CNCc2c(C)nc3sc(C)cn23)c1OC. The summed E-state index contributed by atoms with van der Waals surface area (Å²) in [7, 11) is 3.32. The van der Waals surface area contributed by atoms with Gasteiger partial charge in [0, 0.05) is 29.7 Å². The van der Waals surface area contributed by atoms with E-state index in [0.29, 0.717) is 6.54 Å². The van der Waals surface area contributed by atoms with E-state index in [1.165, 1.54) is 10.6 Å². The van der Waals surface area contributed by atoms with Crippen LogP contribution in [0.2, 0.25) is 0 Å². The molecule has 2 aromatic heterocycles. The standard InChI is InChI=1S/C17H21N3O2S/c1-11-10-20-14(12(2)19-17(20)23-11)9-18-8-13-6-5-7-15(21-3)16(13)22-4/h5-7,10,18H,8-9H2,1-4H3. The van der Waals surface area contributed by atoms with E-state index in [1.807, 2.05) is 18.2 Å². The van der Waals surface area contributed by atoms with Crippen LogP contribution in [0.1, 0.15) is 21.8 Å². The van der Waals surface area contributed by atoms with Gasteiger partial charge in [0.2, 0.25) is 0 Å². The molecule has 122 valence electrons. The molecule has 1 aromatic carbocycles. The molecule has 0 saturated carbocycles. The van der Waals surface area contributed by atoms with Crippen LogP contribution in [0, 0.1) is 13.8 Å². The van der Waals surface area contributed by atoms with E-state index < -0.39 is 0 Å². The van der Waals surface area contributed by atoms with E-state index in [-0.39, 0.29) is 0 Å². The molecule has 0 saturated heterocycles. The van der Waals surface area contributed by atoms with E-state index in [1.54, 1.807) is 25.6 Å². The van der Waals surface area contributed by atoms with Gasteiger partial charge in [-0.25, -0.2) is 4.98 Å². The molecule has 0 aliphatic carbocycles. The summed E-state index contributed by atoms with van der Waals surface area (Å²) in [5, 5.41) is 3.48. The summed E-state index contributed by atoms with van der Waals surface area (Å²) in [5.41, 5.74) is 3.35. The lowest BCUT2D eigenvalue weighted by Gasteiger charge is -2.13. The van der Waals surface area contributed by atoms with Gasteiger partial charge in [0.15, 0.2) is 16.5 Å². The van der Waals surface area contributed by atoms with Crippen LogP contribution in [0.4, 0.5) is 0 Å². The van der Waals surface area contributed by atoms with Crippen molar-refractivity contribution in [2.24, 2.45) is 0 Å². The molecule has 0 atom stereocenters. The predicted octanol–water partition coefficient (Wildman–Crippen LogP) is 3.32. The number of aryl methyl sites for hydroxylation is 2. The van der Waals surface area contributed by atoms with E-state index in [4.69, 9.17) is 9.47 Å². The first-order chi connectivity index (χ1) is 11.1. The summed E-state index contributed by atoms with van der Waals surface area (Å²) >= 11 is 1.72. The Bertz CT molecular complexity index is 823. The van der Waals surface area contributed by atoms with Crippen LogP contribution in [0.15, 0.2) is 24.4 Å². The zero-order chi connectivity index (χ0) is 16.4. The van der Waals surface area contributed by atoms with E-state index in [0.717, 1.165) is 34.3 Å². The molecule has 23 heavy (non-hydrogen) atoms. The van der Waals surface area contributed by atoms with Crippen molar-refractivity contribution in [1.82, 2.24) is 14.7 Å². The summed E-state index contributed by atoms with van der Waals surface area (Å²) in [6.07, 6.45) is 2.14. The van der Waals surface area contributed by atoms with Gasteiger partial charge in [-0.3, -0.25) is 4.40 Å². The van der Waals surface area contributed by atoms with Gasteiger partial charge in [-0.05, 0) is 19.9 Å². The summed E-state index contributed by atoms with van der Waals surface area (Å²) in [4.78, 5) is 6.94. The maximum atomic E-state index is 5.47. The number of hydrogen-bond acceptors (Lipinski definition) is 5. The highest BCUT2D eigenvalue weighted by molar-refractivity contribution is 7.17. The second kappa shape index (κ2) is 6.60. The Kier molecular flexibility index (Phi) is 4.54. The maximum Gasteiger partial charge on any atom is 0.194 e. The highest BCUT2D eigenvalue weighted by Crippen LogP contribution is 2.30. The molecule has 2 heterocycles. The lowest BCUT2D eigenvalue weighted by molar-refractivity contribution is 0.350. The second-order valence-electron chi connectivity index (χ2n) is 5.39. The molecule has 0 fully saturated rings. The number of hydrogen-bond donors (Lipinski definition) is 1. The van der Waals surface area contributed by atoms with Gasteiger partial charge < -0.3 is 14.8 Å². The lowest BCUT2D eigenvalue weighted by Crippen LogP contribution is -2.15. The molecule has 0 unspecified atom stereocenters. The van der Waals surface area contributed by atoms with E-state index >= 15 is 0 Å². The minimum atomic E-state index is 0.705. The number of nitrogens with zero attached hydrogens (tertiary/aromatic N) is 2. The van der Waals surface area contributed by atoms with Crippen molar-refractivity contribution in [3.05, 3.63) is 46.2 Å². The third-order valence-corrected chi connectivity index (χ3v) is 4.73. The normalized spacial score (nSPS) is 11.1. The average Bonchev–Trinajstić information content (AvgIpc) is 3.03. The van der Waals surface area contributed by atoms with E-state index in [2.05, 4.69) is 34.7 Å². The van der Waals surface area contributed by atoms with Crippen molar-refractivity contribution < 1.29 is 9.47 Å². The van der Waals surface area contributed by atoms with Crippen LogP contribution in [0.3, 0.4) is 0 Å². The third kappa shape index (κ3) is 3.04. The van der Waals surface area contributed by atoms with Gasteiger partial charge in [-0.15, -0.1) is 11.3 Å². The van der Waals surface area contributed by atoms with Gasteiger partial charge >= 0.3 is 0 Å². The van der Waals surface area contributed by atoms with Crippen molar-refractivity contribution in [3.63, 3.8) is 0 Å². The molecule has 0 spiro atoms. The molecule has 1 N–H and O–H groups in total. The summed E-state index contributed by atoms with van der Waals surface area (Å²) in [6.45, 7) is 5.62.